The molecule has 1 aliphatic carbocycles. The molecule has 0 fully saturated rings. The molecule has 0 amide bonds. The Hall–Kier alpha value is -3.02. The van der Waals surface area contributed by atoms with Crippen molar-refractivity contribution in [3.8, 4) is 0 Å². The Bertz CT molecular complexity index is 907. The predicted octanol–water partition coefficient (Wildman–Crippen LogP) is 3.78. The molecular weight excluding hydrogens is 333 g/mol. The number of carbonyl (C=O) groups is 1. The van der Waals surface area contributed by atoms with Crippen LogP contribution in [-0.2, 0) is 12.8 Å². The Morgan fingerprint density at radius 2 is 2.04 bits per heavy atom. The van der Waals surface area contributed by atoms with E-state index in [1.165, 1.54) is 12.1 Å². The first kappa shape index (κ1) is 16.4. The van der Waals surface area contributed by atoms with E-state index in [1.807, 2.05) is 12.1 Å². The molecule has 2 aromatic heterocycles. The first-order chi connectivity index (χ1) is 12.7. The number of ketones is 1. The minimum atomic E-state index is -0.276. The number of hydrogen-bond donors (Lipinski definition) is 1. The van der Waals surface area contributed by atoms with Gasteiger partial charge in [-0.15, -0.1) is 0 Å². The summed E-state index contributed by atoms with van der Waals surface area (Å²) in [6.45, 7) is 0.641. The minimum Gasteiger partial charge on any atom is -0.469 e. The van der Waals surface area contributed by atoms with Crippen molar-refractivity contribution >= 4 is 11.7 Å². The number of nitrogens with zero attached hydrogens (tertiary/aromatic N) is 2. The number of Topliss-reactive ketones (excluding diaryl/α,β-unsaturated/α-hetero) is 1. The van der Waals surface area contributed by atoms with Crippen molar-refractivity contribution in [2.75, 3.05) is 11.9 Å². The van der Waals surface area contributed by atoms with Crippen molar-refractivity contribution in [2.24, 2.45) is 0 Å². The van der Waals surface area contributed by atoms with Crippen LogP contribution in [0.25, 0.3) is 0 Å². The third-order valence-electron chi connectivity index (χ3n) is 4.62. The van der Waals surface area contributed by atoms with Gasteiger partial charge in [-0.1, -0.05) is 12.1 Å². The highest BCUT2D eigenvalue weighted by Gasteiger charge is 2.28. The molecule has 1 aliphatic rings. The number of halogens is 1. The summed E-state index contributed by atoms with van der Waals surface area (Å²) in [5.41, 5.74) is 2.28. The smallest absolute Gasteiger partial charge is 0.222 e. The van der Waals surface area contributed by atoms with Crippen LogP contribution in [0.5, 0.6) is 0 Å². The summed E-state index contributed by atoms with van der Waals surface area (Å²) in [5.74, 6) is 1.16. The fourth-order valence-electron chi connectivity index (χ4n) is 3.25. The molecular formula is C20H18FN3O2. The molecule has 0 spiro atoms. The van der Waals surface area contributed by atoms with Gasteiger partial charge in [-0.2, -0.15) is 0 Å². The van der Waals surface area contributed by atoms with Gasteiger partial charge in [0.25, 0.3) is 0 Å². The van der Waals surface area contributed by atoms with E-state index in [4.69, 9.17) is 4.42 Å². The summed E-state index contributed by atoms with van der Waals surface area (Å²) < 4.78 is 18.4. The van der Waals surface area contributed by atoms with Gasteiger partial charge in [-0.3, -0.25) is 4.79 Å². The standard InChI is InChI=1S/C20H18FN3O2/c21-15-5-3-13(4-6-15)14-10-18-17(19(25)11-14)12-23-20(24-18)22-8-7-16-2-1-9-26-16/h1-6,9,12,14H,7-8,10-11H2,(H,22,23,24)/t14-/m1/s1. The van der Waals surface area contributed by atoms with E-state index >= 15 is 0 Å². The van der Waals surface area contributed by atoms with Gasteiger partial charge in [0.2, 0.25) is 5.95 Å². The number of furan rings is 1. The Balaban J connectivity index is 1.48. The lowest BCUT2D eigenvalue weighted by atomic mass is 9.82. The Morgan fingerprint density at radius 1 is 1.19 bits per heavy atom. The minimum absolute atomic E-state index is 0.0152. The number of aromatic nitrogens is 2. The SMILES string of the molecule is O=C1C[C@H](c2ccc(F)cc2)Cc2nc(NCCc3ccco3)ncc21. The van der Waals surface area contributed by atoms with E-state index in [0.29, 0.717) is 30.9 Å². The van der Waals surface area contributed by atoms with Crippen molar-refractivity contribution in [1.29, 1.82) is 0 Å². The lowest BCUT2D eigenvalue weighted by molar-refractivity contribution is 0.0962. The molecule has 2 heterocycles. The molecule has 3 aromatic rings. The highest BCUT2D eigenvalue weighted by molar-refractivity contribution is 5.98. The first-order valence-corrected chi connectivity index (χ1v) is 8.60. The number of rotatable bonds is 5. The van der Waals surface area contributed by atoms with Crippen molar-refractivity contribution < 1.29 is 13.6 Å². The Labute approximate surface area is 150 Å². The van der Waals surface area contributed by atoms with E-state index in [0.717, 1.165) is 23.4 Å². The Morgan fingerprint density at radius 3 is 2.81 bits per heavy atom. The zero-order valence-electron chi connectivity index (χ0n) is 14.1. The van der Waals surface area contributed by atoms with Crippen LogP contribution in [0.1, 0.15) is 39.7 Å². The summed E-state index contributed by atoms with van der Waals surface area (Å²) in [6, 6.07) is 10.1. The quantitative estimate of drug-likeness (QED) is 0.758. The predicted molar refractivity (Wildman–Crippen MR) is 94.7 cm³/mol. The second-order valence-electron chi connectivity index (χ2n) is 6.39. The number of benzene rings is 1. The second kappa shape index (κ2) is 7.07. The summed E-state index contributed by atoms with van der Waals surface area (Å²) in [6.07, 6.45) is 5.01. The van der Waals surface area contributed by atoms with Gasteiger partial charge >= 0.3 is 0 Å². The Kier molecular flexibility index (Phi) is 4.48. The number of hydrogen-bond acceptors (Lipinski definition) is 5. The van der Waals surface area contributed by atoms with Gasteiger partial charge in [0, 0.05) is 25.6 Å². The number of anilines is 1. The zero-order chi connectivity index (χ0) is 17.9. The maximum absolute atomic E-state index is 13.1. The van der Waals surface area contributed by atoms with Crippen LogP contribution in [0.2, 0.25) is 0 Å². The van der Waals surface area contributed by atoms with Gasteiger partial charge in [0.15, 0.2) is 5.78 Å². The van der Waals surface area contributed by atoms with E-state index in [1.54, 1.807) is 24.6 Å². The molecule has 1 atom stereocenters. The third kappa shape index (κ3) is 3.49. The molecule has 4 rings (SSSR count). The number of carbonyl (C=O) groups excluding carboxylic acids is 1. The van der Waals surface area contributed by atoms with Gasteiger partial charge in [-0.25, -0.2) is 14.4 Å². The van der Waals surface area contributed by atoms with Crippen molar-refractivity contribution in [2.45, 2.75) is 25.2 Å². The monoisotopic (exact) mass is 351 g/mol. The average Bonchev–Trinajstić information content (AvgIpc) is 3.15. The second-order valence-corrected chi connectivity index (χ2v) is 6.39. The molecule has 1 N–H and O–H groups in total. The van der Waals surface area contributed by atoms with Gasteiger partial charge in [-0.05, 0) is 42.2 Å². The highest BCUT2D eigenvalue weighted by Crippen LogP contribution is 2.32. The molecule has 0 bridgehead atoms. The molecule has 0 aliphatic heterocycles. The lowest BCUT2D eigenvalue weighted by Crippen LogP contribution is -2.21. The molecule has 0 saturated carbocycles. The molecule has 5 nitrogen and oxygen atoms in total. The molecule has 0 saturated heterocycles. The van der Waals surface area contributed by atoms with E-state index in [9.17, 15) is 9.18 Å². The van der Waals surface area contributed by atoms with E-state index in [-0.39, 0.29) is 17.5 Å². The van der Waals surface area contributed by atoms with Crippen LogP contribution in [0.3, 0.4) is 0 Å². The topological polar surface area (TPSA) is 68.0 Å². The largest absolute Gasteiger partial charge is 0.469 e. The summed E-state index contributed by atoms with van der Waals surface area (Å²) in [4.78, 5) is 21.2. The normalized spacial score (nSPS) is 16.3. The fourth-order valence-corrected chi connectivity index (χ4v) is 3.25. The number of fused-ring (bicyclic) bond motifs is 1. The van der Waals surface area contributed by atoms with Gasteiger partial charge in [0.1, 0.15) is 11.6 Å². The lowest BCUT2D eigenvalue weighted by Gasteiger charge is -2.23. The summed E-state index contributed by atoms with van der Waals surface area (Å²) in [5, 5.41) is 3.17. The molecule has 1 aromatic carbocycles. The maximum atomic E-state index is 13.1. The van der Waals surface area contributed by atoms with Gasteiger partial charge < -0.3 is 9.73 Å². The molecule has 0 radical (unpaired) electrons. The maximum Gasteiger partial charge on any atom is 0.222 e. The zero-order valence-corrected chi connectivity index (χ0v) is 14.1. The third-order valence-corrected chi connectivity index (χ3v) is 4.62. The molecule has 6 heteroatoms. The van der Waals surface area contributed by atoms with Crippen LogP contribution in [0.4, 0.5) is 10.3 Å². The van der Waals surface area contributed by atoms with Crippen molar-refractivity contribution in [3.63, 3.8) is 0 Å². The molecule has 132 valence electrons. The molecule has 0 unspecified atom stereocenters. The van der Waals surface area contributed by atoms with Crippen LogP contribution < -0.4 is 5.32 Å². The van der Waals surface area contributed by atoms with E-state index in [2.05, 4.69) is 15.3 Å². The van der Waals surface area contributed by atoms with Crippen molar-refractivity contribution in [1.82, 2.24) is 9.97 Å². The highest BCUT2D eigenvalue weighted by atomic mass is 19.1. The first-order valence-electron chi connectivity index (χ1n) is 8.60. The van der Waals surface area contributed by atoms with Crippen LogP contribution in [-0.4, -0.2) is 22.3 Å². The summed E-state index contributed by atoms with van der Waals surface area (Å²) >= 11 is 0. The average molecular weight is 351 g/mol. The van der Waals surface area contributed by atoms with Crippen molar-refractivity contribution in [3.05, 3.63) is 77.3 Å². The van der Waals surface area contributed by atoms with Crippen LogP contribution in [0.15, 0.2) is 53.3 Å². The van der Waals surface area contributed by atoms with Gasteiger partial charge in [0.05, 0.1) is 17.5 Å². The van der Waals surface area contributed by atoms with Crippen LogP contribution in [0, 0.1) is 5.82 Å². The fraction of sp³-hybridized carbons (Fsp3) is 0.250. The van der Waals surface area contributed by atoms with E-state index < -0.39 is 0 Å². The summed E-state index contributed by atoms with van der Waals surface area (Å²) in [7, 11) is 0. The van der Waals surface area contributed by atoms with Crippen LogP contribution >= 0.6 is 0 Å². The molecule has 26 heavy (non-hydrogen) atoms. The number of nitrogens with one attached hydrogen (secondary N) is 1.